The molecule has 61 heavy (non-hydrogen) atoms. The van der Waals surface area contributed by atoms with Gasteiger partial charge in [0.05, 0.1) is 0 Å². The molecule has 2 aliphatic carbocycles. The van der Waals surface area contributed by atoms with Crippen molar-refractivity contribution in [3.05, 3.63) is 240 Å². The second kappa shape index (κ2) is 15.0. The van der Waals surface area contributed by atoms with Crippen LogP contribution in [0.1, 0.15) is 41.0 Å². The zero-order valence-corrected chi connectivity index (χ0v) is 35.7. The van der Waals surface area contributed by atoms with Crippen molar-refractivity contribution in [3.8, 4) is 44.9 Å². The molecule has 2 unspecified atom stereocenters. The van der Waals surface area contributed by atoms with Crippen LogP contribution in [-0.4, -0.2) is 0 Å². The molecule has 0 saturated carbocycles. The van der Waals surface area contributed by atoms with Gasteiger partial charge < -0.3 is 0 Å². The van der Waals surface area contributed by atoms with Crippen molar-refractivity contribution < 1.29 is 32.1 Å². The molecular formula is C58H38O2Zr. The van der Waals surface area contributed by atoms with Crippen molar-refractivity contribution in [2.45, 2.75) is 7.25 Å². The molecule has 0 spiro atoms. The van der Waals surface area contributed by atoms with E-state index in [2.05, 4.69) is 218 Å². The summed E-state index contributed by atoms with van der Waals surface area (Å²) in [5.74, 6) is 3.68. The van der Waals surface area contributed by atoms with E-state index in [-0.39, 0.29) is 7.25 Å². The normalized spacial score (nSPS) is 15.4. The number of benzene rings is 8. The molecule has 8 aromatic carbocycles. The Hall–Kier alpha value is -6.80. The van der Waals surface area contributed by atoms with Crippen LogP contribution in [0.2, 0.25) is 0 Å². The number of fused-ring (bicyclic) bond motifs is 4. The van der Waals surface area contributed by atoms with Gasteiger partial charge in [-0.1, -0.05) is 0 Å². The van der Waals surface area contributed by atoms with Crippen LogP contribution in [0.4, 0.5) is 0 Å². The van der Waals surface area contributed by atoms with Crippen molar-refractivity contribution in [1.29, 1.82) is 0 Å². The predicted molar refractivity (Wildman–Crippen MR) is 248 cm³/mol. The van der Waals surface area contributed by atoms with Gasteiger partial charge >= 0.3 is 369 Å². The molecule has 2 heterocycles. The first-order valence-corrected chi connectivity index (χ1v) is 23.8. The van der Waals surface area contributed by atoms with Crippen LogP contribution < -0.4 is 0 Å². The van der Waals surface area contributed by atoms with Crippen molar-refractivity contribution in [3.63, 3.8) is 0 Å². The van der Waals surface area contributed by atoms with E-state index in [0.29, 0.717) is 0 Å². The SMILES string of the molecule is C1=C(c2ccc(-c3ccccc3)o2)[CH]([Zr][CH]2C(c3ccc(-c4ccccc4)o3)=Cc3c(-c4ccc5ccccc5c4)cccc32)c2cccc(-c3ccc4ccccc4c3)c21. The van der Waals surface area contributed by atoms with E-state index in [4.69, 9.17) is 8.83 Å². The second-order valence-electron chi connectivity index (χ2n) is 16.0. The molecule has 10 aromatic rings. The summed E-state index contributed by atoms with van der Waals surface area (Å²) >= 11 is -1.48. The molecule has 12 rings (SSSR count). The Balaban J connectivity index is 1.02. The Kier molecular flexibility index (Phi) is 8.89. The molecule has 0 aliphatic heterocycles. The molecule has 0 saturated heterocycles. The zero-order chi connectivity index (χ0) is 40.3. The summed E-state index contributed by atoms with van der Waals surface area (Å²) in [4.78, 5) is 0. The maximum absolute atomic E-state index is 6.85. The molecule has 3 heteroatoms. The Bertz CT molecular complexity index is 3120. The first-order valence-electron chi connectivity index (χ1n) is 21.0. The summed E-state index contributed by atoms with van der Waals surface area (Å²) < 4.78 is 14.2. The quantitative estimate of drug-likeness (QED) is 0.152. The van der Waals surface area contributed by atoms with Gasteiger partial charge in [0.25, 0.3) is 0 Å². The van der Waals surface area contributed by atoms with E-state index < -0.39 is 23.2 Å². The van der Waals surface area contributed by atoms with E-state index in [1.54, 1.807) is 0 Å². The molecule has 2 nitrogen and oxygen atoms in total. The van der Waals surface area contributed by atoms with Crippen LogP contribution in [0, 0.1) is 0 Å². The van der Waals surface area contributed by atoms with Crippen molar-refractivity contribution in [1.82, 2.24) is 0 Å². The summed E-state index contributed by atoms with van der Waals surface area (Å²) in [6.07, 6.45) is 4.90. The van der Waals surface area contributed by atoms with Gasteiger partial charge in [0, 0.05) is 0 Å². The van der Waals surface area contributed by atoms with Crippen molar-refractivity contribution in [2.24, 2.45) is 0 Å². The van der Waals surface area contributed by atoms with Gasteiger partial charge in [-0.25, -0.2) is 0 Å². The van der Waals surface area contributed by atoms with Gasteiger partial charge in [-0.2, -0.15) is 0 Å². The van der Waals surface area contributed by atoms with Crippen LogP contribution >= 0.6 is 0 Å². The van der Waals surface area contributed by atoms with Crippen molar-refractivity contribution >= 4 is 44.8 Å². The molecule has 0 fully saturated rings. The molecule has 2 atom stereocenters. The fraction of sp³-hybridized carbons (Fsp3) is 0.0345. The minimum atomic E-state index is -1.48. The Morgan fingerprint density at radius 1 is 0.311 bits per heavy atom. The van der Waals surface area contributed by atoms with Crippen molar-refractivity contribution in [2.75, 3.05) is 0 Å². The van der Waals surface area contributed by atoms with Crippen LogP contribution in [0.25, 0.3) is 89.7 Å². The molecular weight excluding hydrogens is 820 g/mol. The van der Waals surface area contributed by atoms with E-state index in [9.17, 15) is 0 Å². The molecule has 0 radical (unpaired) electrons. The third-order valence-corrected chi connectivity index (χ3v) is 17.2. The number of rotatable bonds is 8. The average molecular weight is 858 g/mol. The van der Waals surface area contributed by atoms with E-state index in [1.807, 2.05) is 0 Å². The molecule has 0 N–H and O–H groups in total. The van der Waals surface area contributed by atoms with Crippen LogP contribution in [-0.2, 0) is 23.2 Å². The van der Waals surface area contributed by atoms with E-state index in [0.717, 1.165) is 34.2 Å². The number of furan rings is 2. The monoisotopic (exact) mass is 856 g/mol. The number of hydrogen-bond acceptors (Lipinski definition) is 2. The van der Waals surface area contributed by atoms with Gasteiger partial charge in [-0.15, -0.1) is 0 Å². The van der Waals surface area contributed by atoms with Crippen LogP contribution in [0.3, 0.4) is 0 Å². The molecule has 2 aromatic heterocycles. The molecule has 286 valence electrons. The predicted octanol–water partition coefficient (Wildman–Crippen LogP) is 15.8. The van der Waals surface area contributed by atoms with Gasteiger partial charge in [-0.05, 0) is 0 Å². The summed E-state index contributed by atoms with van der Waals surface area (Å²) in [7, 11) is 0. The maximum atomic E-state index is 6.85. The number of allylic oxidation sites excluding steroid dienone is 2. The third-order valence-electron chi connectivity index (χ3n) is 12.5. The fourth-order valence-corrected chi connectivity index (χ4v) is 14.4. The van der Waals surface area contributed by atoms with E-state index >= 15 is 0 Å². The summed E-state index contributed by atoms with van der Waals surface area (Å²) in [5.41, 5.74) is 15.1. The Morgan fingerprint density at radius 2 is 0.721 bits per heavy atom. The second-order valence-corrected chi connectivity index (χ2v) is 19.7. The minimum absolute atomic E-state index is 0.223. The zero-order valence-electron chi connectivity index (χ0n) is 33.3. The molecule has 0 bridgehead atoms. The van der Waals surface area contributed by atoms with Gasteiger partial charge in [0.15, 0.2) is 0 Å². The first-order chi connectivity index (χ1) is 30.2. The number of hydrogen-bond donors (Lipinski definition) is 0. The molecule has 0 amide bonds. The first kappa shape index (κ1) is 36.1. The summed E-state index contributed by atoms with van der Waals surface area (Å²) in [5, 5.41) is 5.00. The summed E-state index contributed by atoms with van der Waals surface area (Å²) in [6, 6.07) is 74.5. The van der Waals surface area contributed by atoms with Crippen LogP contribution in [0.15, 0.2) is 215 Å². The average Bonchev–Trinajstić information content (AvgIpc) is 4.15. The van der Waals surface area contributed by atoms with E-state index in [1.165, 1.54) is 77.2 Å². The van der Waals surface area contributed by atoms with Gasteiger partial charge in [-0.3, -0.25) is 0 Å². The standard InChI is InChI=1S/2C29H19O.Zr/c2*1-2-8-21(9-3-1)28-15-16-29(30-28)25-18-23-11-6-12-26(27(23)19-25)24-14-13-20-7-4-5-10-22(20)17-24;/h2*1-19H;. The summed E-state index contributed by atoms with van der Waals surface area (Å²) in [6.45, 7) is 0. The molecule has 2 aliphatic rings. The Labute approximate surface area is 366 Å². The fourth-order valence-electron chi connectivity index (χ4n) is 9.48. The Morgan fingerprint density at radius 3 is 1.18 bits per heavy atom. The van der Waals surface area contributed by atoms with Gasteiger partial charge in [0.2, 0.25) is 0 Å². The third kappa shape index (κ3) is 6.44. The topological polar surface area (TPSA) is 26.3 Å². The van der Waals surface area contributed by atoms with Crippen LogP contribution in [0.5, 0.6) is 0 Å². The van der Waals surface area contributed by atoms with Gasteiger partial charge in [0.1, 0.15) is 0 Å².